The first-order chi connectivity index (χ1) is 16.5. The lowest BCUT2D eigenvalue weighted by molar-refractivity contribution is -0.139. The number of benzene rings is 2. The van der Waals surface area contributed by atoms with Crippen LogP contribution in [-0.4, -0.2) is 41.7 Å². The summed E-state index contributed by atoms with van der Waals surface area (Å²) in [6.07, 6.45) is 6.13. The number of carbonyl (C=O) groups is 2. The molecule has 0 saturated heterocycles. The molecule has 1 saturated carbocycles. The molecule has 0 aromatic heterocycles. The number of thioether (sulfide) groups is 1. The third kappa shape index (κ3) is 7.95. The van der Waals surface area contributed by atoms with Crippen LogP contribution in [0.3, 0.4) is 0 Å². The van der Waals surface area contributed by atoms with Gasteiger partial charge >= 0.3 is 0 Å². The van der Waals surface area contributed by atoms with Crippen LogP contribution in [0.1, 0.15) is 56.6 Å². The molecule has 7 heteroatoms. The average molecular weight is 503 g/mol. The van der Waals surface area contributed by atoms with Gasteiger partial charge in [0.25, 0.3) is 0 Å². The van der Waals surface area contributed by atoms with Gasteiger partial charge in [-0.05, 0) is 54.7 Å². The highest BCUT2D eigenvalue weighted by Gasteiger charge is 2.30. The topological polar surface area (TPSA) is 58.6 Å². The summed E-state index contributed by atoms with van der Waals surface area (Å²) in [5, 5.41) is 3.92. The molecule has 1 N–H and O–H groups in total. The van der Waals surface area contributed by atoms with Gasteiger partial charge in [0.05, 0.1) is 12.9 Å². The Labute approximate surface area is 212 Å². The molecule has 34 heavy (non-hydrogen) atoms. The van der Waals surface area contributed by atoms with E-state index in [1.54, 1.807) is 23.8 Å². The van der Waals surface area contributed by atoms with E-state index in [0.29, 0.717) is 29.5 Å². The van der Waals surface area contributed by atoms with Gasteiger partial charge in [0.1, 0.15) is 11.8 Å². The van der Waals surface area contributed by atoms with Gasteiger partial charge in [0, 0.05) is 23.4 Å². The van der Waals surface area contributed by atoms with Gasteiger partial charge < -0.3 is 15.0 Å². The molecule has 0 heterocycles. The molecule has 0 radical (unpaired) electrons. The van der Waals surface area contributed by atoms with E-state index in [1.165, 1.54) is 6.42 Å². The SMILES string of the molecule is CC[C@H](C(=O)NC1CCCCC1)N(Cc1cccc(OC)c1)C(=O)CSCc1ccc(Cl)cc1. The predicted molar refractivity (Wildman–Crippen MR) is 140 cm³/mol. The van der Waals surface area contributed by atoms with Crippen LogP contribution in [0.2, 0.25) is 5.02 Å². The van der Waals surface area contributed by atoms with Crippen LogP contribution in [-0.2, 0) is 21.9 Å². The molecule has 0 spiro atoms. The molecule has 5 nitrogen and oxygen atoms in total. The second-order valence-corrected chi connectivity index (χ2v) is 10.2. The van der Waals surface area contributed by atoms with Gasteiger partial charge in [-0.15, -0.1) is 11.8 Å². The van der Waals surface area contributed by atoms with Gasteiger partial charge in [-0.2, -0.15) is 0 Å². The fourth-order valence-electron chi connectivity index (χ4n) is 4.35. The third-order valence-corrected chi connectivity index (χ3v) is 7.47. The smallest absolute Gasteiger partial charge is 0.243 e. The molecule has 0 unspecified atom stereocenters. The number of ether oxygens (including phenoxy) is 1. The van der Waals surface area contributed by atoms with Crippen molar-refractivity contribution < 1.29 is 14.3 Å². The Hall–Kier alpha value is -2.18. The van der Waals surface area contributed by atoms with Gasteiger partial charge in [-0.1, -0.05) is 62.1 Å². The Balaban J connectivity index is 1.71. The van der Waals surface area contributed by atoms with E-state index in [9.17, 15) is 9.59 Å². The molecule has 1 aliphatic rings. The van der Waals surface area contributed by atoms with E-state index in [0.717, 1.165) is 42.6 Å². The molecule has 2 aromatic rings. The maximum Gasteiger partial charge on any atom is 0.243 e. The van der Waals surface area contributed by atoms with Crippen molar-refractivity contribution in [2.45, 2.75) is 69.8 Å². The molecule has 0 bridgehead atoms. The van der Waals surface area contributed by atoms with Gasteiger partial charge in [0.15, 0.2) is 0 Å². The molecule has 1 fully saturated rings. The van der Waals surface area contributed by atoms with Crippen LogP contribution >= 0.6 is 23.4 Å². The molecular formula is C27H35ClN2O3S. The molecule has 0 aliphatic heterocycles. The number of halogens is 1. The number of hydrogen-bond acceptors (Lipinski definition) is 4. The van der Waals surface area contributed by atoms with Crippen molar-refractivity contribution in [2.24, 2.45) is 0 Å². The van der Waals surface area contributed by atoms with Crippen LogP contribution < -0.4 is 10.1 Å². The largest absolute Gasteiger partial charge is 0.497 e. The van der Waals surface area contributed by atoms with Gasteiger partial charge in [0.2, 0.25) is 11.8 Å². The summed E-state index contributed by atoms with van der Waals surface area (Å²) in [7, 11) is 1.63. The lowest BCUT2D eigenvalue weighted by Crippen LogP contribution is -2.52. The van der Waals surface area contributed by atoms with Crippen LogP contribution in [0.4, 0.5) is 0 Å². The lowest BCUT2D eigenvalue weighted by atomic mass is 9.95. The summed E-state index contributed by atoms with van der Waals surface area (Å²) in [5.41, 5.74) is 2.06. The monoisotopic (exact) mass is 502 g/mol. The lowest BCUT2D eigenvalue weighted by Gasteiger charge is -2.32. The summed E-state index contributed by atoms with van der Waals surface area (Å²) < 4.78 is 5.36. The van der Waals surface area contributed by atoms with E-state index in [4.69, 9.17) is 16.3 Å². The standard InChI is InChI=1S/C27H35ClN2O3S/c1-3-25(27(32)29-23-9-5-4-6-10-23)30(17-21-8-7-11-24(16-21)33-2)26(31)19-34-18-20-12-14-22(28)15-13-20/h7-8,11-16,23,25H,3-6,9-10,17-19H2,1-2H3,(H,29,32)/t25-/m1/s1. The molecule has 1 atom stereocenters. The Morgan fingerprint density at radius 1 is 1.12 bits per heavy atom. The summed E-state index contributed by atoms with van der Waals surface area (Å²) in [4.78, 5) is 28.4. The normalized spacial score (nSPS) is 14.9. The maximum absolute atomic E-state index is 13.4. The van der Waals surface area contributed by atoms with Crippen molar-refractivity contribution >= 4 is 35.2 Å². The highest BCUT2D eigenvalue weighted by Crippen LogP contribution is 2.22. The maximum atomic E-state index is 13.4. The fourth-order valence-corrected chi connectivity index (χ4v) is 5.35. The van der Waals surface area contributed by atoms with E-state index in [-0.39, 0.29) is 17.9 Å². The molecule has 2 aromatic carbocycles. The van der Waals surface area contributed by atoms with E-state index in [1.807, 2.05) is 55.5 Å². The van der Waals surface area contributed by atoms with Gasteiger partial charge in [-0.25, -0.2) is 0 Å². The number of amides is 2. The first-order valence-electron chi connectivity index (χ1n) is 12.0. The zero-order chi connectivity index (χ0) is 24.3. The van der Waals surface area contributed by atoms with Crippen molar-refractivity contribution in [1.29, 1.82) is 0 Å². The molecular weight excluding hydrogens is 468 g/mol. The number of hydrogen-bond donors (Lipinski definition) is 1. The van der Waals surface area contributed by atoms with Crippen molar-refractivity contribution in [1.82, 2.24) is 10.2 Å². The first-order valence-corrected chi connectivity index (χ1v) is 13.6. The van der Waals surface area contributed by atoms with Crippen molar-refractivity contribution in [3.05, 3.63) is 64.7 Å². The Morgan fingerprint density at radius 2 is 1.85 bits per heavy atom. The quantitative estimate of drug-likeness (QED) is 0.419. The Kier molecular flexibility index (Phi) is 10.6. The summed E-state index contributed by atoms with van der Waals surface area (Å²) in [6.45, 7) is 2.34. The predicted octanol–water partition coefficient (Wildman–Crippen LogP) is 5.84. The fraction of sp³-hybridized carbons (Fsp3) is 0.481. The molecule has 184 valence electrons. The number of nitrogens with one attached hydrogen (secondary N) is 1. The second kappa shape index (κ2) is 13.6. The third-order valence-electron chi connectivity index (χ3n) is 6.23. The van der Waals surface area contributed by atoms with Crippen LogP contribution in [0.15, 0.2) is 48.5 Å². The summed E-state index contributed by atoms with van der Waals surface area (Å²) in [5.74, 6) is 1.67. The minimum absolute atomic E-state index is 0.0348. The average Bonchev–Trinajstić information content (AvgIpc) is 2.85. The minimum Gasteiger partial charge on any atom is -0.497 e. The zero-order valence-corrected chi connectivity index (χ0v) is 21.7. The van der Waals surface area contributed by atoms with E-state index in [2.05, 4.69) is 5.32 Å². The van der Waals surface area contributed by atoms with Crippen molar-refractivity contribution in [3.63, 3.8) is 0 Å². The Bertz CT molecular complexity index is 932. The second-order valence-electron chi connectivity index (χ2n) is 8.76. The minimum atomic E-state index is -0.503. The van der Waals surface area contributed by atoms with Crippen LogP contribution in [0.25, 0.3) is 0 Å². The van der Waals surface area contributed by atoms with E-state index >= 15 is 0 Å². The number of methoxy groups -OCH3 is 1. The summed E-state index contributed by atoms with van der Waals surface area (Å²) in [6, 6.07) is 15.1. The van der Waals surface area contributed by atoms with Crippen LogP contribution in [0, 0.1) is 0 Å². The Morgan fingerprint density at radius 3 is 2.53 bits per heavy atom. The summed E-state index contributed by atoms with van der Waals surface area (Å²) >= 11 is 7.52. The first kappa shape index (κ1) is 26.4. The number of nitrogens with zero attached hydrogens (tertiary/aromatic N) is 1. The molecule has 2 amide bonds. The van der Waals surface area contributed by atoms with Crippen LogP contribution in [0.5, 0.6) is 5.75 Å². The van der Waals surface area contributed by atoms with Crippen molar-refractivity contribution in [2.75, 3.05) is 12.9 Å². The number of carbonyl (C=O) groups excluding carboxylic acids is 2. The van der Waals surface area contributed by atoms with Crippen molar-refractivity contribution in [3.8, 4) is 5.75 Å². The van der Waals surface area contributed by atoms with Gasteiger partial charge in [-0.3, -0.25) is 9.59 Å². The van der Waals surface area contributed by atoms with E-state index < -0.39 is 6.04 Å². The molecule has 3 rings (SSSR count). The highest BCUT2D eigenvalue weighted by atomic mass is 35.5. The molecule has 1 aliphatic carbocycles. The zero-order valence-electron chi connectivity index (χ0n) is 20.1. The number of rotatable bonds is 11. The highest BCUT2D eigenvalue weighted by molar-refractivity contribution is 7.99.